The number of nitrogens with zero attached hydrogens (tertiary/aromatic N) is 2. The first-order valence-corrected chi connectivity index (χ1v) is 6.03. The molecule has 1 saturated heterocycles. The highest BCUT2D eigenvalue weighted by molar-refractivity contribution is 6.30. The topological polar surface area (TPSA) is 35.6 Å². The molecule has 0 aliphatic carbocycles. The standard InChI is InChI=1S/C12H16ClN3O/c1-15-5-7-16(8-6-15)12(17)14-11-4-2-3-10(13)9-11/h2-4,9H,5-8H2,1H3,(H,14,17). The SMILES string of the molecule is CN1CCN(C(=O)Nc2cccc(Cl)c2)CC1. The fraction of sp³-hybridized carbons (Fsp3) is 0.417. The van der Waals surface area contributed by atoms with Gasteiger partial charge in [-0.2, -0.15) is 0 Å². The number of anilines is 1. The summed E-state index contributed by atoms with van der Waals surface area (Å²) in [6, 6.07) is 7.13. The zero-order chi connectivity index (χ0) is 12.3. The van der Waals surface area contributed by atoms with E-state index in [0.717, 1.165) is 31.9 Å². The average molecular weight is 254 g/mol. The van der Waals surface area contributed by atoms with E-state index < -0.39 is 0 Å². The Hall–Kier alpha value is -1.26. The van der Waals surface area contributed by atoms with E-state index in [1.165, 1.54) is 0 Å². The maximum absolute atomic E-state index is 11.9. The summed E-state index contributed by atoms with van der Waals surface area (Å²) in [6.07, 6.45) is 0. The van der Waals surface area contributed by atoms with Gasteiger partial charge in [0.15, 0.2) is 0 Å². The second kappa shape index (κ2) is 5.38. The monoisotopic (exact) mass is 253 g/mol. The number of halogens is 1. The Labute approximate surface area is 106 Å². The number of hydrogen-bond donors (Lipinski definition) is 1. The number of amides is 2. The van der Waals surface area contributed by atoms with Crippen LogP contribution in [0.1, 0.15) is 0 Å². The molecule has 1 N–H and O–H groups in total. The number of nitrogens with one attached hydrogen (secondary N) is 1. The minimum atomic E-state index is -0.0552. The van der Waals surface area contributed by atoms with Crippen molar-refractivity contribution >= 4 is 23.3 Å². The third-order valence-electron chi connectivity index (χ3n) is 2.87. The van der Waals surface area contributed by atoms with Crippen molar-refractivity contribution in [2.24, 2.45) is 0 Å². The zero-order valence-electron chi connectivity index (χ0n) is 9.82. The minimum absolute atomic E-state index is 0.0552. The Kier molecular flexibility index (Phi) is 3.86. The molecular weight excluding hydrogens is 238 g/mol. The molecule has 0 atom stereocenters. The number of urea groups is 1. The molecule has 1 aliphatic heterocycles. The van der Waals surface area contributed by atoms with Crippen molar-refractivity contribution in [3.63, 3.8) is 0 Å². The fourth-order valence-corrected chi connectivity index (χ4v) is 1.97. The Balaban J connectivity index is 1.93. The number of carbonyl (C=O) groups excluding carboxylic acids is 1. The molecule has 0 aromatic heterocycles. The van der Waals surface area contributed by atoms with E-state index in [2.05, 4.69) is 17.3 Å². The molecule has 4 nitrogen and oxygen atoms in total. The van der Waals surface area contributed by atoms with E-state index in [4.69, 9.17) is 11.6 Å². The lowest BCUT2D eigenvalue weighted by atomic mass is 10.3. The highest BCUT2D eigenvalue weighted by atomic mass is 35.5. The third kappa shape index (κ3) is 3.35. The lowest BCUT2D eigenvalue weighted by Crippen LogP contribution is -2.48. The van der Waals surface area contributed by atoms with Gasteiger partial charge in [-0.3, -0.25) is 0 Å². The quantitative estimate of drug-likeness (QED) is 0.832. The summed E-state index contributed by atoms with van der Waals surface area (Å²) >= 11 is 5.86. The van der Waals surface area contributed by atoms with Crippen molar-refractivity contribution in [1.82, 2.24) is 9.80 Å². The molecule has 92 valence electrons. The maximum atomic E-state index is 11.9. The van der Waals surface area contributed by atoms with Crippen LogP contribution < -0.4 is 5.32 Å². The molecule has 2 rings (SSSR count). The van der Waals surface area contributed by atoms with E-state index >= 15 is 0 Å². The Morgan fingerprint density at radius 3 is 2.65 bits per heavy atom. The van der Waals surface area contributed by atoms with Gasteiger partial charge in [0.2, 0.25) is 0 Å². The van der Waals surface area contributed by atoms with E-state index in [-0.39, 0.29) is 6.03 Å². The Morgan fingerprint density at radius 2 is 2.00 bits per heavy atom. The molecule has 5 heteroatoms. The predicted molar refractivity (Wildman–Crippen MR) is 69.5 cm³/mol. The number of benzene rings is 1. The van der Waals surface area contributed by atoms with Gasteiger partial charge < -0.3 is 15.1 Å². The fourth-order valence-electron chi connectivity index (χ4n) is 1.78. The van der Waals surface area contributed by atoms with E-state index in [1.807, 2.05) is 17.0 Å². The van der Waals surface area contributed by atoms with Gasteiger partial charge in [-0.1, -0.05) is 17.7 Å². The van der Waals surface area contributed by atoms with Crippen LogP contribution >= 0.6 is 11.6 Å². The first kappa shape index (κ1) is 12.2. The molecule has 2 amide bonds. The second-order valence-corrected chi connectivity index (χ2v) is 4.67. The summed E-state index contributed by atoms with van der Waals surface area (Å²) in [5.41, 5.74) is 0.737. The molecular formula is C12H16ClN3O. The molecule has 1 aromatic carbocycles. The smallest absolute Gasteiger partial charge is 0.321 e. The van der Waals surface area contributed by atoms with Gasteiger partial charge in [-0.25, -0.2) is 4.79 Å². The van der Waals surface area contributed by atoms with E-state index in [0.29, 0.717) is 5.02 Å². The minimum Gasteiger partial charge on any atom is -0.322 e. The molecule has 0 unspecified atom stereocenters. The number of rotatable bonds is 1. The van der Waals surface area contributed by atoms with Crippen LogP contribution in [0.3, 0.4) is 0 Å². The average Bonchev–Trinajstić information content (AvgIpc) is 2.29. The first-order chi connectivity index (χ1) is 8.15. The van der Waals surface area contributed by atoms with Crippen molar-refractivity contribution < 1.29 is 4.79 Å². The van der Waals surface area contributed by atoms with Crippen LogP contribution in [0.15, 0.2) is 24.3 Å². The second-order valence-electron chi connectivity index (χ2n) is 4.23. The maximum Gasteiger partial charge on any atom is 0.321 e. The zero-order valence-corrected chi connectivity index (χ0v) is 10.6. The lowest BCUT2D eigenvalue weighted by molar-refractivity contribution is 0.164. The molecule has 0 spiro atoms. The van der Waals surface area contributed by atoms with Crippen molar-refractivity contribution in [3.8, 4) is 0 Å². The van der Waals surface area contributed by atoms with Gasteiger partial charge in [-0.05, 0) is 25.2 Å². The van der Waals surface area contributed by atoms with Gasteiger partial charge >= 0.3 is 6.03 Å². The predicted octanol–water partition coefficient (Wildman–Crippen LogP) is 2.12. The van der Waals surface area contributed by atoms with Crippen molar-refractivity contribution in [3.05, 3.63) is 29.3 Å². The third-order valence-corrected chi connectivity index (χ3v) is 3.10. The van der Waals surface area contributed by atoms with Crippen LogP contribution in [0.2, 0.25) is 5.02 Å². The Bertz CT molecular complexity index is 402. The van der Waals surface area contributed by atoms with Crippen LogP contribution in [0.5, 0.6) is 0 Å². The lowest BCUT2D eigenvalue weighted by Gasteiger charge is -2.32. The van der Waals surface area contributed by atoms with Gasteiger partial charge in [0.1, 0.15) is 0 Å². The highest BCUT2D eigenvalue weighted by Crippen LogP contribution is 2.15. The molecule has 1 heterocycles. The normalized spacial score (nSPS) is 16.9. The first-order valence-electron chi connectivity index (χ1n) is 5.65. The highest BCUT2D eigenvalue weighted by Gasteiger charge is 2.18. The molecule has 0 radical (unpaired) electrons. The molecule has 1 fully saturated rings. The number of hydrogen-bond acceptors (Lipinski definition) is 2. The van der Waals surface area contributed by atoms with E-state index in [1.54, 1.807) is 12.1 Å². The molecule has 0 bridgehead atoms. The summed E-state index contributed by atoms with van der Waals surface area (Å²) in [6.45, 7) is 3.37. The Morgan fingerprint density at radius 1 is 1.29 bits per heavy atom. The van der Waals surface area contributed by atoms with Crippen LogP contribution in [-0.2, 0) is 0 Å². The summed E-state index contributed by atoms with van der Waals surface area (Å²) in [4.78, 5) is 16.0. The van der Waals surface area contributed by atoms with Crippen molar-refractivity contribution in [1.29, 1.82) is 0 Å². The molecule has 0 saturated carbocycles. The molecule has 1 aliphatic rings. The summed E-state index contributed by atoms with van der Waals surface area (Å²) in [5, 5.41) is 3.48. The number of piperazine rings is 1. The van der Waals surface area contributed by atoms with Crippen molar-refractivity contribution in [2.45, 2.75) is 0 Å². The molecule has 17 heavy (non-hydrogen) atoms. The molecule has 1 aromatic rings. The van der Waals surface area contributed by atoms with Crippen LogP contribution in [0.25, 0.3) is 0 Å². The van der Waals surface area contributed by atoms with Crippen LogP contribution in [0, 0.1) is 0 Å². The summed E-state index contributed by atoms with van der Waals surface area (Å²) in [5.74, 6) is 0. The summed E-state index contributed by atoms with van der Waals surface area (Å²) in [7, 11) is 2.06. The van der Waals surface area contributed by atoms with Crippen LogP contribution in [0.4, 0.5) is 10.5 Å². The van der Waals surface area contributed by atoms with Gasteiger partial charge in [-0.15, -0.1) is 0 Å². The van der Waals surface area contributed by atoms with Crippen molar-refractivity contribution in [2.75, 3.05) is 38.5 Å². The van der Waals surface area contributed by atoms with Gasteiger partial charge in [0.25, 0.3) is 0 Å². The van der Waals surface area contributed by atoms with Gasteiger partial charge in [0.05, 0.1) is 0 Å². The van der Waals surface area contributed by atoms with Gasteiger partial charge in [0, 0.05) is 36.9 Å². The van der Waals surface area contributed by atoms with Crippen LogP contribution in [-0.4, -0.2) is 49.1 Å². The number of carbonyl (C=O) groups is 1. The van der Waals surface area contributed by atoms with E-state index in [9.17, 15) is 4.79 Å². The largest absolute Gasteiger partial charge is 0.322 e. The summed E-state index contributed by atoms with van der Waals surface area (Å²) < 4.78 is 0. The number of likely N-dealkylation sites (N-methyl/N-ethyl adjacent to an activating group) is 1.